The highest BCUT2D eigenvalue weighted by Crippen LogP contribution is 2.31. The van der Waals surface area contributed by atoms with Gasteiger partial charge >= 0.3 is 0 Å². The molecule has 21 heavy (non-hydrogen) atoms. The summed E-state index contributed by atoms with van der Waals surface area (Å²) in [6.45, 7) is 1.65. The van der Waals surface area contributed by atoms with E-state index in [0.29, 0.717) is 6.04 Å². The third-order valence-corrected chi connectivity index (χ3v) is 5.63. The van der Waals surface area contributed by atoms with E-state index in [4.69, 9.17) is 0 Å². The number of aryl methyl sites for hydroxylation is 1. The maximum absolute atomic E-state index is 12.8. The lowest BCUT2D eigenvalue weighted by Crippen LogP contribution is -2.42. The fourth-order valence-electron chi connectivity index (χ4n) is 3.19. The van der Waals surface area contributed by atoms with Crippen LogP contribution < -0.4 is 5.32 Å². The van der Waals surface area contributed by atoms with Gasteiger partial charge in [-0.05, 0) is 17.7 Å². The molecule has 2 saturated heterocycles. The van der Waals surface area contributed by atoms with E-state index < -0.39 is 0 Å². The molecule has 0 spiro atoms. The molecule has 3 atom stereocenters. The van der Waals surface area contributed by atoms with Crippen molar-refractivity contribution in [3.63, 3.8) is 0 Å². The fourth-order valence-corrected chi connectivity index (χ4v) is 4.46. The lowest BCUT2D eigenvalue weighted by molar-refractivity contribution is -0.135. The van der Waals surface area contributed by atoms with Crippen LogP contribution in [0.2, 0.25) is 0 Å². The van der Waals surface area contributed by atoms with Crippen LogP contribution in [-0.2, 0) is 11.8 Å². The Morgan fingerprint density at radius 2 is 2.33 bits per heavy atom. The van der Waals surface area contributed by atoms with Crippen LogP contribution in [0.3, 0.4) is 0 Å². The molecule has 2 aliphatic rings. The second kappa shape index (κ2) is 7.03. The molecule has 1 aromatic rings. The van der Waals surface area contributed by atoms with Gasteiger partial charge in [-0.1, -0.05) is 0 Å². The highest BCUT2D eigenvalue weighted by atomic mass is 35.5. The highest BCUT2D eigenvalue weighted by molar-refractivity contribution is 7.99. The predicted octanol–water partition coefficient (Wildman–Crippen LogP) is 1.11. The Kier molecular flexibility index (Phi) is 5.57. The van der Waals surface area contributed by atoms with Crippen LogP contribution in [-0.4, -0.2) is 58.3 Å². The summed E-state index contributed by atoms with van der Waals surface area (Å²) in [6.07, 6.45) is 5.05. The van der Waals surface area contributed by atoms with Crippen molar-refractivity contribution in [3.8, 4) is 0 Å². The number of carbonyl (C=O) groups excluding carboxylic acids is 1. The first-order valence-corrected chi connectivity index (χ1v) is 8.36. The van der Waals surface area contributed by atoms with Crippen LogP contribution in [0, 0.1) is 5.92 Å². The first-order chi connectivity index (χ1) is 9.66. The van der Waals surface area contributed by atoms with Gasteiger partial charge in [-0.25, -0.2) is 0 Å². The first-order valence-electron chi connectivity index (χ1n) is 7.20. The molecule has 5 nitrogen and oxygen atoms in total. The molecule has 0 bridgehead atoms. The molecular formula is C14H23ClN4OS. The minimum atomic E-state index is 0. The van der Waals surface area contributed by atoms with E-state index in [1.54, 1.807) is 0 Å². The molecule has 1 amide bonds. The average Bonchev–Trinajstić information content (AvgIpc) is 3.17. The van der Waals surface area contributed by atoms with Gasteiger partial charge in [0.05, 0.1) is 12.1 Å². The second-order valence-corrected chi connectivity index (χ2v) is 6.93. The summed E-state index contributed by atoms with van der Waals surface area (Å²) in [7, 11) is 3.89. The van der Waals surface area contributed by atoms with Crippen molar-refractivity contribution in [2.75, 3.05) is 31.6 Å². The van der Waals surface area contributed by atoms with E-state index in [9.17, 15) is 4.79 Å². The van der Waals surface area contributed by atoms with Gasteiger partial charge in [-0.15, -0.1) is 12.4 Å². The van der Waals surface area contributed by atoms with Gasteiger partial charge < -0.3 is 10.2 Å². The van der Waals surface area contributed by atoms with Crippen molar-refractivity contribution >= 4 is 30.1 Å². The smallest absolute Gasteiger partial charge is 0.227 e. The van der Waals surface area contributed by atoms with E-state index in [2.05, 4.69) is 10.4 Å². The number of nitrogens with zero attached hydrogens (tertiary/aromatic N) is 3. The highest BCUT2D eigenvalue weighted by Gasteiger charge is 2.38. The number of hydrogen-bond donors (Lipinski definition) is 1. The number of halogens is 1. The molecule has 0 aliphatic carbocycles. The normalized spacial score (nSPS) is 28.4. The van der Waals surface area contributed by atoms with Crippen LogP contribution in [0.25, 0.3) is 0 Å². The van der Waals surface area contributed by atoms with Gasteiger partial charge in [0, 0.05) is 51.1 Å². The lowest BCUT2D eigenvalue weighted by Gasteiger charge is -2.28. The van der Waals surface area contributed by atoms with Crippen molar-refractivity contribution in [2.45, 2.75) is 18.4 Å². The minimum absolute atomic E-state index is 0. The fraction of sp³-hybridized carbons (Fsp3) is 0.714. The molecule has 2 fully saturated rings. The SMILES string of the molecule is CN(C(=O)[C@H]1CNC[C@@H]1c1cnn(C)c1)C1CCSC1.Cl. The third kappa shape index (κ3) is 3.38. The Balaban J connectivity index is 0.00000161. The molecule has 0 radical (unpaired) electrons. The summed E-state index contributed by atoms with van der Waals surface area (Å²) >= 11 is 1.95. The zero-order valence-corrected chi connectivity index (χ0v) is 14.1. The summed E-state index contributed by atoms with van der Waals surface area (Å²) < 4.78 is 1.81. The number of rotatable bonds is 3. The van der Waals surface area contributed by atoms with Crippen LogP contribution in [0.4, 0.5) is 0 Å². The molecule has 2 aliphatic heterocycles. The summed E-state index contributed by atoms with van der Waals surface area (Å²) in [4.78, 5) is 14.8. The Morgan fingerprint density at radius 3 is 2.95 bits per heavy atom. The number of aromatic nitrogens is 2. The number of hydrogen-bond acceptors (Lipinski definition) is 4. The molecule has 0 saturated carbocycles. The van der Waals surface area contributed by atoms with Crippen LogP contribution in [0.1, 0.15) is 17.9 Å². The van der Waals surface area contributed by atoms with Crippen molar-refractivity contribution in [1.82, 2.24) is 20.0 Å². The molecule has 1 N–H and O–H groups in total. The number of amides is 1. The maximum Gasteiger partial charge on any atom is 0.227 e. The van der Waals surface area contributed by atoms with E-state index in [1.165, 1.54) is 11.3 Å². The minimum Gasteiger partial charge on any atom is -0.342 e. The molecule has 3 heterocycles. The number of thioether (sulfide) groups is 1. The van der Waals surface area contributed by atoms with Crippen molar-refractivity contribution in [2.24, 2.45) is 13.0 Å². The maximum atomic E-state index is 12.8. The van der Waals surface area contributed by atoms with E-state index >= 15 is 0 Å². The Morgan fingerprint density at radius 1 is 1.52 bits per heavy atom. The van der Waals surface area contributed by atoms with Crippen molar-refractivity contribution in [3.05, 3.63) is 18.0 Å². The number of carbonyl (C=O) groups is 1. The molecule has 0 aromatic carbocycles. The molecule has 118 valence electrons. The lowest BCUT2D eigenvalue weighted by atomic mass is 9.89. The van der Waals surface area contributed by atoms with Gasteiger partial charge in [-0.3, -0.25) is 9.48 Å². The molecule has 1 aromatic heterocycles. The van der Waals surface area contributed by atoms with Gasteiger partial charge in [0.25, 0.3) is 0 Å². The Hall–Kier alpha value is -0.720. The predicted molar refractivity (Wildman–Crippen MR) is 88.1 cm³/mol. The average molecular weight is 331 g/mol. The van der Waals surface area contributed by atoms with Crippen molar-refractivity contribution < 1.29 is 4.79 Å². The van der Waals surface area contributed by atoms with Crippen LogP contribution >= 0.6 is 24.2 Å². The molecular weight excluding hydrogens is 308 g/mol. The van der Waals surface area contributed by atoms with Gasteiger partial charge in [0.2, 0.25) is 5.91 Å². The quantitative estimate of drug-likeness (QED) is 0.902. The van der Waals surface area contributed by atoms with E-state index in [1.807, 2.05) is 47.8 Å². The number of nitrogens with one attached hydrogen (secondary N) is 1. The third-order valence-electron chi connectivity index (χ3n) is 4.49. The monoisotopic (exact) mass is 330 g/mol. The van der Waals surface area contributed by atoms with Gasteiger partial charge in [0.1, 0.15) is 0 Å². The van der Waals surface area contributed by atoms with Gasteiger partial charge in [0.15, 0.2) is 0 Å². The first kappa shape index (κ1) is 16.6. The Bertz CT molecular complexity index is 489. The molecule has 7 heteroatoms. The zero-order chi connectivity index (χ0) is 14.1. The molecule has 3 rings (SSSR count). The van der Waals surface area contributed by atoms with Gasteiger partial charge in [-0.2, -0.15) is 16.9 Å². The standard InChI is InChI=1S/C14H22N4OS.ClH/c1-17-8-10(5-16-17)12-6-15-7-13(12)14(19)18(2)11-3-4-20-9-11;/h5,8,11-13,15H,3-4,6-7,9H2,1-2H3;1H/t11?,12-,13+;/m1./s1. The largest absolute Gasteiger partial charge is 0.342 e. The molecule has 1 unspecified atom stereocenters. The topological polar surface area (TPSA) is 50.2 Å². The van der Waals surface area contributed by atoms with E-state index in [0.717, 1.165) is 25.3 Å². The summed E-state index contributed by atoms with van der Waals surface area (Å²) in [5, 5.41) is 7.60. The van der Waals surface area contributed by atoms with Crippen LogP contribution in [0.15, 0.2) is 12.4 Å². The van der Waals surface area contributed by atoms with E-state index in [-0.39, 0.29) is 30.2 Å². The van der Waals surface area contributed by atoms with Crippen molar-refractivity contribution in [1.29, 1.82) is 0 Å². The second-order valence-electron chi connectivity index (χ2n) is 5.79. The zero-order valence-electron chi connectivity index (χ0n) is 12.5. The van der Waals surface area contributed by atoms with Crippen LogP contribution in [0.5, 0.6) is 0 Å². The summed E-state index contributed by atoms with van der Waals surface area (Å²) in [5.41, 5.74) is 1.17. The summed E-state index contributed by atoms with van der Waals surface area (Å²) in [6, 6.07) is 0.419. The Labute approximate surface area is 136 Å². The summed E-state index contributed by atoms with van der Waals surface area (Å²) in [5.74, 6) is 2.86.